The first-order valence-corrected chi connectivity index (χ1v) is 18.0. The molecule has 16 nitrogen and oxygen atoms in total. The molecule has 0 spiro atoms. The fraction of sp³-hybridized carbons (Fsp3) is 0.821. The van der Waals surface area contributed by atoms with Crippen LogP contribution in [0.25, 0.3) is 0 Å². The average molecular weight is 731 g/mol. The highest BCUT2D eigenvalue weighted by Gasteiger charge is 2.51. The zero-order chi connectivity index (χ0) is 35.3. The van der Waals surface area contributed by atoms with E-state index in [4.69, 9.17) is 66.2 Å². The lowest BCUT2D eigenvalue weighted by Crippen LogP contribution is -2.66. The van der Waals surface area contributed by atoms with Gasteiger partial charge < -0.3 is 57.7 Å². The van der Waals surface area contributed by atoms with Crippen molar-refractivity contribution in [1.29, 1.82) is 0 Å². The molecule has 10 atom stereocenters. The summed E-state index contributed by atoms with van der Waals surface area (Å²) in [5, 5.41) is 5.99. The van der Waals surface area contributed by atoms with Gasteiger partial charge in [-0.1, -0.05) is 12.2 Å². The summed E-state index contributed by atoms with van der Waals surface area (Å²) in [7, 11) is 4.40. The molecule has 2 rings (SSSR count). The van der Waals surface area contributed by atoms with Gasteiger partial charge in [0.05, 0.1) is 17.6 Å². The van der Waals surface area contributed by atoms with Crippen molar-refractivity contribution in [1.82, 2.24) is 10.6 Å². The Balaban J connectivity index is 2.04. The summed E-state index contributed by atoms with van der Waals surface area (Å²) in [6.45, 7) is 1.54. The number of hydrogen-bond acceptors (Lipinski definition) is 15. The van der Waals surface area contributed by atoms with E-state index in [1.54, 1.807) is 7.11 Å². The first-order valence-electron chi connectivity index (χ1n) is 15.0. The van der Waals surface area contributed by atoms with Crippen LogP contribution in [0.15, 0.2) is 0 Å². The average Bonchev–Trinajstić information content (AvgIpc) is 3.28. The molecule has 2 fully saturated rings. The van der Waals surface area contributed by atoms with E-state index < -0.39 is 73.4 Å². The molecule has 1 saturated carbocycles. The van der Waals surface area contributed by atoms with E-state index in [1.165, 1.54) is 35.0 Å². The molecule has 2 unspecified atom stereocenters. The summed E-state index contributed by atoms with van der Waals surface area (Å²) < 4.78 is 49.8. The van der Waals surface area contributed by atoms with Crippen molar-refractivity contribution in [3.8, 4) is 0 Å². The van der Waals surface area contributed by atoms with E-state index >= 15 is 0 Å². The van der Waals surface area contributed by atoms with E-state index in [0.29, 0.717) is 37.3 Å². The fourth-order valence-corrected chi connectivity index (χ4v) is 6.83. The third-order valence-electron chi connectivity index (χ3n) is 7.38. The number of methoxy groups -OCH3 is 2. The molecule has 0 radical (unpaired) electrons. The van der Waals surface area contributed by atoms with Gasteiger partial charge in [-0.3, -0.25) is 19.2 Å². The van der Waals surface area contributed by atoms with Crippen molar-refractivity contribution >= 4 is 59.5 Å². The van der Waals surface area contributed by atoms with Crippen LogP contribution in [0, 0.1) is 5.92 Å². The van der Waals surface area contributed by atoms with Crippen LogP contribution in [0.4, 0.5) is 0 Å². The van der Waals surface area contributed by atoms with Gasteiger partial charge >= 0.3 is 24.6 Å². The molecular weight excluding hydrogens is 683 g/mol. The molecule has 0 aromatic heterocycles. The highest BCUT2D eigenvalue weighted by atomic mass is 32.5. The zero-order valence-corrected chi connectivity index (χ0v) is 30.2. The molecule has 1 aliphatic heterocycles. The normalized spacial score (nSPS) is 30.1. The van der Waals surface area contributed by atoms with Crippen molar-refractivity contribution < 1.29 is 66.3 Å². The Bertz CT molecular complexity index is 1130. The summed E-state index contributed by atoms with van der Waals surface area (Å²) in [6.07, 6.45) is -3.43. The van der Waals surface area contributed by atoms with Crippen LogP contribution < -0.4 is 10.6 Å². The topological polar surface area (TPSA) is 196 Å². The third-order valence-corrected chi connectivity index (χ3v) is 9.38. The number of rotatable bonds is 18. The van der Waals surface area contributed by atoms with E-state index in [-0.39, 0.29) is 25.2 Å². The number of thiocarbonyl (C=S) groups is 1. The number of amides is 1. The molecule has 3 N–H and O–H groups in total. The molecule has 2 aliphatic rings. The van der Waals surface area contributed by atoms with Crippen molar-refractivity contribution in [2.75, 3.05) is 41.2 Å². The number of nitrogens with one attached hydrogen (secondary N) is 2. The molecule has 19 heteroatoms. The number of esters is 3. The fourth-order valence-electron chi connectivity index (χ4n) is 5.55. The zero-order valence-electron chi connectivity index (χ0n) is 27.7. The molecule has 0 aromatic carbocycles. The van der Waals surface area contributed by atoms with Crippen LogP contribution in [-0.4, -0.2) is 124 Å². The molecule has 270 valence electrons. The van der Waals surface area contributed by atoms with Crippen LogP contribution in [0.5, 0.6) is 0 Å². The lowest BCUT2D eigenvalue weighted by molar-refractivity contribution is -0.277. The summed E-state index contributed by atoms with van der Waals surface area (Å²) in [4.78, 5) is 58.4. The number of unbranched alkanes of at least 4 members (excludes halogenated alkanes) is 1. The Labute approximate surface area is 285 Å². The van der Waals surface area contributed by atoms with Gasteiger partial charge in [-0.25, -0.2) is 0 Å². The van der Waals surface area contributed by atoms with Gasteiger partial charge in [-0.2, -0.15) is 0 Å². The van der Waals surface area contributed by atoms with Crippen LogP contribution >= 0.6 is 18.9 Å². The van der Waals surface area contributed by atoms with Gasteiger partial charge in [0.15, 0.2) is 18.5 Å². The van der Waals surface area contributed by atoms with Gasteiger partial charge in [-0.05, 0) is 37.5 Å². The Morgan fingerprint density at radius 2 is 1.55 bits per heavy atom. The lowest BCUT2D eigenvalue weighted by Gasteiger charge is -2.44. The highest BCUT2D eigenvalue weighted by molar-refractivity contribution is 8.07. The van der Waals surface area contributed by atoms with Crippen LogP contribution in [0.2, 0.25) is 0 Å². The molecule has 0 aromatic rings. The first-order chi connectivity index (χ1) is 22.1. The SMILES string of the molecule is COC[C@H]1C[C@H](NC(=S)CCCCO[C@@H]2O[C@H](COC(C)=O)[C@H](OC(C)=O)[C@H](OC(C)=O)[C@H]2NC(C)=O)[C@@H](OC)C1OP(O)(=S)OC. The molecule has 1 heterocycles. The maximum Gasteiger partial charge on any atom is 0.324 e. The van der Waals surface area contributed by atoms with Crippen molar-refractivity contribution in [3.05, 3.63) is 0 Å². The first kappa shape index (κ1) is 41.3. The van der Waals surface area contributed by atoms with Gasteiger partial charge in [0.2, 0.25) is 5.91 Å². The second kappa shape index (κ2) is 20.0. The molecule has 47 heavy (non-hydrogen) atoms. The van der Waals surface area contributed by atoms with E-state index in [9.17, 15) is 24.1 Å². The van der Waals surface area contributed by atoms with Crippen molar-refractivity contribution in [2.45, 2.75) is 102 Å². The summed E-state index contributed by atoms with van der Waals surface area (Å²) >= 11 is 10.7. The predicted molar refractivity (Wildman–Crippen MR) is 172 cm³/mol. The Morgan fingerprint density at radius 3 is 2.11 bits per heavy atom. The number of ether oxygens (including phenoxy) is 7. The van der Waals surface area contributed by atoms with Crippen LogP contribution in [0.1, 0.15) is 53.4 Å². The second-order valence-electron chi connectivity index (χ2n) is 11.1. The monoisotopic (exact) mass is 730 g/mol. The van der Waals surface area contributed by atoms with Gasteiger partial charge in [0.25, 0.3) is 0 Å². The molecule has 1 amide bonds. The summed E-state index contributed by atoms with van der Waals surface area (Å²) in [5.74, 6) is -2.59. The van der Waals surface area contributed by atoms with E-state index in [1.807, 2.05) is 0 Å². The quantitative estimate of drug-likeness (QED) is 0.0595. The smallest absolute Gasteiger partial charge is 0.324 e. The maximum absolute atomic E-state index is 12.1. The van der Waals surface area contributed by atoms with Crippen molar-refractivity contribution in [3.63, 3.8) is 0 Å². The van der Waals surface area contributed by atoms with Gasteiger partial charge in [0, 0.05) is 61.5 Å². The number of carbonyl (C=O) groups excluding carboxylic acids is 4. The minimum atomic E-state index is -3.46. The molecular formula is C28H47N2O14PS2. The van der Waals surface area contributed by atoms with E-state index in [0.717, 1.165) is 6.92 Å². The maximum atomic E-state index is 12.1. The predicted octanol–water partition coefficient (Wildman–Crippen LogP) is 1.04. The number of carbonyl (C=O) groups is 4. The molecule has 1 aliphatic carbocycles. The van der Waals surface area contributed by atoms with Gasteiger partial charge in [-0.15, -0.1) is 0 Å². The molecule has 0 bridgehead atoms. The minimum Gasteiger partial charge on any atom is -0.463 e. The number of hydrogen-bond donors (Lipinski definition) is 3. The summed E-state index contributed by atoms with van der Waals surface area (Å²) in [5.41, 5.74) is 0. The van der Waals surface area contributed by atoms with Crippen LogP contribution in [0.3, 0.4) is 0 Å². The van der Waals surface area contributed by atoms with Crippen molar-refractivity contribution in [2.24, 2.45) is 5.92 Å². The standard InChI is InChI=1S/C28H47N2O14PS2/c1-15(31)29-23-27(42-18(4)34)26(41-17(3)33)21(14-40-16(2)32)43-28(23)39-11-9-8-10-22(46)30-20-12-19(13-36-5)24(25(20)37-6)44-45(35,47)38-7/h19-21,23-28H,8-14H2,1-7H3,(H,29,31)(H,30,46)(H,35,47)/t19-,20+,21-,23-,24?,25-,26+,27-,28-,45?/m1/s1. The minimum absolute atomic E-state index is 0.128. The summed E-state index contributed by atoms with van der Waals surface area (Å²) in [6, 6.07) is -1.28. The highest BCUT2D eigenvalue weighted by Crippen LogP contribution is 2.48. The largest absolute Gasteiger partial charge is 0.463 e. The van der Waals surface area contributed by atoms with Crippen LogP contribution in [-0.2, 0) is 73.2 Å². The van der Waals surface area contributed by atoms with Gasteiger partial charge in [0.1, 0.15) is 31.0 Å². The third kappa shape index (κ3) is 13.5. The molecule has 1 saturated heterocycles. The lowest BCUT2D eigenvalue weighted by atomic mass is 9.96. The second-order valence-corrected chi connectivity index (χ2v) is 14.5. The van der Waals surface area contributed by atoms with E-state index in [2.05, 4.69) is 10.6 Å². The Hall–Kier alpha value is -1.86. The Morgan fingerprint density at radius 1 is 0.894 bits per heavy atom. The Kier molecular flexibility index (Phi) is 17.6.